The van der Waals surface area contributed by atoms with Gasteiger partial charge in [0.1, 0.15) is 5.75 Å². The van der Waals surface area contributed by atoms with Crippen LogP contribution in [0.15, 0.2) is 24.3 Å². The Morgan fingerprint density at radius 2 is 2.12 bits per heavy atom. The normalized spacial score (nSPS) is 10.2. The van der Waals surface area contributed by atoms with E-state index < -0.39 is 0 Å². The van der Waals surface area contributed by atoms with Crippen LogP contribution in [0.4, 0.5) is 0 Å². The Morgan fingerprint density at radius 1 is 1.29 bits per heavy atom. The van der Waals surface area contributed by atoms with Crippen LogP contribution in [0.1, 0.15) is 25.8 Å². The van der Waals surface area contributed by atoms with Gasteiger partial charge in [-0.1, -0.05) is 19.9 Å². The summed E-state index contributed by atoms with van der Waals surface area (Å²) in [7, 11) is 0. The van der Waals surface area contributed by atoms with Crippen LogP contribution >= 0.6 is 0 Å². The van der Waals surface area contributed by atoms with Gasteiger partial charge in [-0.15, -0.1) is 0 Å². The van der Waals surface area contributed by atoms with Gasteiger partial charge in [-0.05, 0) is 24.1 Å². The van der Waals surface area contributed by atoms with Crippen LogP contribution < -0.4 is 4.74 Å². The summed E-state index contributed by atoms with van der Waals surface area (Å²) in [5.74, 6) is 1.32. The number of hydrogen-bond acceptors (Lipinski definition) is 3. The molecule has 1 aromatic rings. The molecule has 0 heterocycles. The fourth-order valence-corrected chi connectivity index (χ4v) is 1.33. The molecule has 92 valence electrons. The average molecular weight is 233 g/mol. The van der Waals surface area contributed by atoms with Crippen molar-refractivity contribution < 1.29 is 9.47 Å². The summed E-state index contributed by atoms with van der Waals surface area (Å²) in [6.45, 7) is 6.39. The lowest BCUT2D eigenvalue weighted by Gasteiger charge is -2.08. The minimum Gasteiger partial charge on any atom is -0.493 e. The minimum absolute atomic E-state index is 0.572. The third-order valence-corrected chi connectivity index (χ3v) is 2.12. The van der Waals surface area contributed by atoms with E-state index in [2.05, 4.69) is 19.9 Å². The van der Waals surface area contributed by atoms with E-state index in [0.29, 0.717) is 18.1 Å². The summed E-state index contributed by atoms with van der Waals surface area (Å²) >= 11 is 0. The Bertz CT molecular complexity index is 369. The van der Waals surface area contributed by atoms with Gasteiger partial charge >= 0.3 is 0 Å². The van der Waals surface area contributed by atoms with Crippen LogP contribution in [-0.4, -0.2) is 19.8 Å². The predicted molar refractivity (Wildman–Crippen MR) is 66.9 cm³/mol. The minimum atomic E-state index is 0.572. The molecule has 1 aromatic carbocycles. The largest absolute Gasteiger partial charge is 0.493 e. The van der Waals surface area contributed by atoms with Gasteiger partial charge in [0.2, 0.25) is 0 Å². The van der Waals surface area contributed by atoms with E-state index in [-0.39, 0.29) is 0 Å². The third-order valence-electron chi connectivity index (χ3n) is 2.12. The molecular weight excluding hydrogens is 214 g/mol. The van der Waals surface area contributed by atoms with Gasteiger partial charge in [0.05, 0.1) is 18.2 Å². The van der Waals surface area contributed by atoms with Crippen molar-refractivity contribution in [2.45, 2.75) is 20.3 Å². The molecule has 0 saturated carbocycles. The van der Waals surface area contributed by atoms with Crippen LogP contribution in [0.2, 0.25) is 0 Å². The third kappa shape index (κ3) is 5.94. The van der Waals surface area contributed by atoms with Crippen molar-refractivity contribution in [3.05, 3.63) is 29.8 Å². The summed E-state index contributed by atoms with van der Waals surface area (Å²) < 4.78 is 11.0. The molecule has 0 fully saturated rings. The van der Waals surface area contributed by atoms with E-state index >= 15 is 0 Å². The molecule has 0 unspecified atom stereocenters. The van der Waals surface area contributed by atoms with Crippen LogP contribution in [0.25, 0.3) is 0 Å². The van der Waals surface area contributed by atoms with Crippen molar-refractivity contribution >= 4 is 0 Å². The number of ether oxygens (including phenoxy) is 2. The second kappa shape index (κ2) is 7.70. The Kier molecular flexibility index (Phi) is 6.13. The molecular formula is C14H19NO2. The molecule has 0 aliphatic carbocycles. The van der Waals surface area contributed by atoms with E-state index in [1.54, 1.807) is 12.1 Å². The lowest BCUT2D eigenvalue weighted by atomic mass is 10.2. The Labute approximate surface area is 103 Å². The molecule has 0 aliphatic rings. The van der Waals surface area contributed by atoms with Crippen LogP contribution in [0.3, 0.4) is 0 Å². The number of nitriles is 1. The second-order valence-electron chi connectivity index (χ2n) is 4.31. The van der Waals surface area contributed by atoms with Gasteiger partial charge in [0.15, 0.2) is 0 Å². The molecule has 3 nitrogen and oxygen atoms in total. The van der Waals surface area contributed by atoms with Gasteiger partial charge in [0, 0.05) is 19.6 Å². The van der Waals surface area contributed by atoms with Gasteiger partial charge in [-0.3, -0.25) is 0 Å². The smallest absolute Gasteiger partial charge is 0.120 e. The molecule has 0 N–H and O–H groups in total. The Hall–Kier alpha value is -1.53. The lowest BCUT2D eigenvalue weighted by molar-refractivity contribution is 0.0981. The summed E-state index contributed by atoms with van der Waals surface area (Å²) in [5, 5.41) is 8.73. The highest BCUT2D eigenvalue weighted by atomic mass is 16.5. The maximum Gasteiger partial charge on any atom is 0.120 e. The van der Waals surface area contributed by atoms with Gasteiger partial charge in [-0.25, -0.2) is 0 Å². The monoisotopic (exact) mass is 233 g/mol. The number of rotatable bonds is 7. The number of benzene rings is 1. The zero-order valence-electron chi connectivity index (χ0n) is 10.5. The molecule has 0 amide bonds. The first-order valence-corrected chi connectivity index (χ1v) is 5.93. The number of nitrogens with zero attached hydrogens (tertiary/aromatic N) is 1. The van der Waals surface area contributed by atoms with Crippen molar-refractivity contribution in [2.24, 2.45) is 5.92 Å². The topological polar surface area (TPSA) is 42.2 Å². The highest BCUT2D eigenvalue weighted by Crippen LogP contribution is 2.12. The molecule has 0 spiro atoms. The Morgan fingerprint density at radius 3 is 2.82 bits per heavy atom. The highest BCUT2D eigenvalue weighted by Gasteiger charge is 1.97. The zero-order valence-corrected chi connectivity index (χ0v) is 10.5. The van der Waals surface area contributed by atoms with Gasteiger partial charge in [0.25, 0.3) is 0 Å². The predicted octanol–water partition coefficient (Wildman–Crippen LogP) is 3.00. The summed E-state index contributed by atoms with van der Waals surface area (Å²) in [6, 6.07) is 9.27. The fraction of sp³-hybridized carbons (Fsp3) is 0.500. The Balaban J connectivity index is 2.16. The maximum atomic E-state index is 8.73. The van der Waals surface area contributed by atoms with E-state index in [9.17, 15) is 0 Å². The summed E-state index contributed by atoms with van der Waals surface area (Å²) in [5.41, 5.74) is 0.624. The lowest BCUT2D eigenvalue weighted by Crippen LogP contribution is -2.06. The first kappa shape index (κ1) is 13.5. The molecule has 0 aliphatic heterocycles. The SMILES string of the molecule is CC(C)COCCCOc1cccc(C#N)c1. The molecule has 0 bridgehead atoms. The van der Waals surface area contributed by atoms with E-state index in [1.165, 1.54) is 0 Å². The molecule has 0 radical (unpaired) electrons. The van der Waals surface area contributed by atoms with Gasteiger partial charge < -0.3 is 9.47 Å². The maximum absolute atomic E-state index is 8.73. The highest BCUT2D eigenvalue weighted by molar-refractivity contribution is 5.36. The van der Waals surface area contributed by atoms with E-state index in [0.717, 1.165) is 25.4 Å². The van der Waals surface area contributed by atoms with Crippen molar-refractivity contribution in [3.8, 4) is 11.8 Å². The molecule has 17 heavy (non-hydrogen) atoms. The van der Waals surface area contributed by atoms with E-state index in [1.807, 2.05) is 12.1 Å². The van der Waals surface area contributed by atoms with E-state index in [4.69, 9.17) is 14.7 Å². The molecule has 0 saturated heterocycles. The summed E-state index contributed by atoms with van der Waals surface area (Å²) in [6.07, 6.45) is 0.865. The van der Waals surface area contributed by atoms with Crippen molar-refractivity contribution in [1.82, 2.24) is 0 Å². The molecule has 0 aromatic heterocycles. The van der Waals surface area contributed by atoms with Crippen molar-refractivity contribution in [3.63, 3.8) is 0 Å². The standard InChI is InChI=1S/C14H19NO2/c1-12(2)11-16-7-4-8-17-14-6-3-5-13(9-14)10-15/h3,5-6,9,12H,4,7-8,11H2,1-2H3. The number of hydrogen-bond donors (Lipinski definition) is 0. The molecule has 3 heteroatoms. The molecule has 0 atom stereocenters. The first-order valence-electron chi connectivity index (χ1n) is 5.93. The van der Waals surface area contributed by atoms with Gasteiger partial charge in [-0.2, -0.15) is 5.26 Å². The molecule has 1 rings (SSSR count). The van der Waals surface area contributed by atoms with Crippen molar-refractivity contribution in [1.29, 1.82) is 5.26 Å². The first-order chi connectivity index (χ1) is 8.22. The van der Waals surface area contributed by atoms with Crippen LogP contribution in [0.5, 0.6) is 5.75 Å². The zero-order chi connectivity index (χ0) is 12.5. The van der Waals surface area contributed by atoms with Crippen molar-refractivity contribution in [2.75, 3.05) is 19.8 Å². The van der Waals surface area contributed by atoms with Crippen LogP contribution in [-0.2, 0) is 4.74 Å². The average Bonchev–Trinajstić information content (AvgIpc) is 2.33. The second-order valence-corrected chi connectivity index (χ2v) is 4.31. The van der Waals surface area contributed by atoms with Crippen LogP contribution in [0, 0.1) is 17.2 Å². The quantitative estimate of drug-likeness (QED) is 0.680. The summed E-state index contributed by atoms with van der Waals surface area (Å²) in [4.78, 5) is 0. The fourth-order valence-electron chi connectivity index (χ4n) is 1.33.